The van der Waals surface area contributed by atoms with Gasteiger partial charge in [0.15, 0.2) is 0 Å². The highest BCUT2D eigenvalue weighted by atomic mass is 32.2. The number of aryl methyl sites for hydroxylation is 1. The van der Waals surface area contributed by atoms with Gasteiger partial charge in [0.05, 0.1) is 10.9 Å². The van der Waals surface area contributed by atoms with E-state index in [0.717, 1.165) is 24.9 Å². The topological polar surface area (TPSA) is 66.5 Å². The molecule has 1 aromatic heterocycles. The Bertz CT molecular complexity index is 1090. The van der Waals surface area contributed by atoms with E-state index in [9.17, 15) is 13.2 Å². The second-order valence-corrected chi connectivity index (χ2v) is 9.83. The number of likely N-dealkylation sites (tertiary alicyclic amines) is 1. The number of benzene rings is 2. The number of nitrogens with one attached hydrogen (secondary N) is 1. The molecule has 29 heavy (non-hydrogen) atoms. The summed E-state index contributed by atoms with van der Waals surface area (Å²) in [6.07, 6.45) is 1.93. The van der Waals surface area contributed by atoms with Crippen LogP contribution in [0.5, 0.6) is 0 Å². The maximum Gasteiger partial charge on any atom is 0.261 e. The Hall–Kier alpha value is -2.64. The molecule has 2 heterocycles. The molecule has 0 radical (unpaired) electrons. The van der Waals surface area contributed by atoms with Gasteiger partial charge in [-0.1, -0.05) is 23.8 Å². The SMILES string of the molecule is Cc1ccc(NS(=O)(=O)c2ccc(C(=O)N3CCCC3c3cccs3)cc2)cc1. The molecule has 1 aliphatic heterocycles. The van der Waals surface area contributed by atoms with Crippen molar-refractivity contribution in [1.82, 2.24) is 4.90 Å². The van der Waals surface area contributed by atoms with Crippen molar-refractivity contribution in [2.24, 2.45) is 0 Å². The Labute approximate surface area is 175 Å². The summed E-state index contributed by atoms with van der Waals surface area (Å²) >= 11 is 1.66. The molecule has 1 fully saturated rings. The smallest absolute Gasteiger partial charge is 0.261 e. The summed E-state index contributed by atoms with van der Waals surface area (Å²) in [5.41, 5.74) is 2.06. The molecule has 1 N–H and O–H groups in total. The molecule has 1 aliphatic rings. The number of anilines is 1. The molecule has 4 rings (SSSR count). The first-order valence-electron chi connectivity index (χ1n) is 9.48. The molecule has 2 aromatic carbocycles. The summed E-state index contributed by atoms with van der Waals surface area (Å²) in [6.45, 7) is 2.66. The number of hydrogen-bond donors (Lipinski definition) is 1. The van der Waals surface area contributed by atoms with Gasteiger partial charge in [0.1, 0.15) is 0 Å². The standard InChI is InChI=1S/C22H22N2O3S2/c1-16-6-10-18(11-7-16)23-29(26,27)19-12-8-17(9-13-19)22(25)24-14-2-4-20(24)21-5-3-15-28-21/h3,5-13,15,20,23H,2,4,14H2,1H3. The normalized spacial score (nSPS) is 16.7. The van der Waals surface area contributed by atoms with Crippen molar-refractivity contribution in [2.45, 2.75) is 30.7 Å². The number of carbonyl (C=O) groups excluding carboxylic acids is 1. The second-order valence-electron chi connectivity index (χ2n) is 7.17. The van der Waals surface area contributed by atoms with Crippen molar-refractivity contribution in [1.29, 1.82) is 0 Å². The largest absolute Gasteiger partial charge is 0.331 e. The second kappa shape index (κ2) is 8.00. The summed E-state index contributed by atoms with van der Waals surface area (Å²) in [5, 5.41) is 2.02. The van der Waals surface area contributed by atoms with E-state index in [2.05, 4.69) is 10.8 Å². The molecule has 150 valence electrons. The highest BCUT2D eigenvalue weighted by Gasteiger charge is 2.31. The minimum atomic E-state index is -3.71. The molecule has 0 bridgehead atoms. The molecule has 1 saturated heterocycles. The van der Waals surface area contributed by atoms with Crippen molar-refractivity contribution < 1.29 is 13.2 Å². The summed E-state index contributed by atoms with van der Waals surface area (Å²) < 4.78 is 27.8. The van der Waals surface area contributed by atoms with Crippen LogP contribution in [0.3, 0.4) is 0 Å². The molecule has 7 heteroatoms. The van der Waals surface area contributed by atoms with Crippen LogP contribution in [0.15, 0.2) is 70.9 Å². The number of amides is 1. The Balaban J connectivity index is 1.51. The lowest BCUT2D eigenvalue weighted by atomic mass is 10.1. The van der Waals surface area contributed by atoms with Gasteiger partial charge in [0.25, 0.3) is 15.9 Å². The Morgan fingerprint density at radius 1 is 1.07 bits per heavy atom. The molecule has 1 atom stereocenters. The predicted octanol–water partition coefficient (Wildman–Crippen LogP) is 4.83. The fourth-order valence-corrected chi connectivity index (χ4v) is 5.50. The highest BCUT2D eigenvalue weighted by Crippen LogP contribution is 2.35. The zero-order valence-corrected chi connectivity index (χ0v) is 17.7. The van der Waals surface area contributed by atoms with E-state index in [4.69, 9.17) is 0 Å². The van der Waals surface area contributed by atoms with Crippen LogP contribution < -0.4 is 4.72 Å². The molecule has 0 saturated carbocycles. The van der Waals surface area contributed by atoms with Crippen molar-refractivity contribution in [3.63, 3.8) is 0 Å². The van der Waals surface area contributed by atoms with Gasteiger partial charge in [-0.3, -0.25) is 9.52 Å². The van der Waals surface area contributed by atoms with Crippen molar-refractivity contribution in [3.8, 4) is 0 Å². The lowest BCUT2D eigenvalue weighted by Gasteiger charge is -2.24. The molecule has 3 aromatic rings. The third-order valence-electron chi connectivity index (χ3n) is 5.10. The van der Waals surface area contributed by atoms with Crippen molar-refractivity contribution >= 4 is 33.0 Å². The summed E-state index contributed by atoms with van der Waals surface area (Å²) in [6, 6.07) is 17.5. The number of rotatable bonds is 5. The molecular formula is C22H22N2O3S2. The Morgan fingerprint density at radius 3 is 2.45 bits per heavy atom. The van der Waals surface area contributed by atoms with E-state index in [1.807, 2.05) is 35.4 Å². The van der Waals surface area contributed by atoms with Gasteiger partial charge < -0.3 is 4.90 Å². The van der Waals surface area contributed by atoms with Crippen LogP contribution in [0.4, 0.5) is 5.69 Å². The average molecular weight is 427 g/mol. The van der Waals surface area contributed by atoms with Crippen LogP contribution in [-0.4, -0.2) is 25.8 Å². The third-order valence-corrected chi connectivity index (χ3v) is 7.47. The fraction of sp³-hybridized carbons (Fsp3) is 0.227. The first-order valence-corrected chi connectivity index (χ1v) is 11.8. The van der Waals surface area contributed by atoms with E-state index in [1.54, 1.807) is 35.6 Å². The van der Waals surface area contributed by atoms with Gasteiger partial charge in [-0.05, 0) is 67.6 Å². The lowest BCUT2D eigenvalue weighted by molar-refractivity contribution is 0.0738. The first-order chi connectivity index (χ1) is 13.9. The van der Waals surface area contributed by atoms with E-state index in [1.165, 1.54) is 17.0 Å². The van der Waals surface area contributed by atoms with Gasteiger partial charge in [-0.2, -0.15) is 0 Å². The molecule has 1 amide bonds. The average Bonchev–Trinajstić information content (AvgIpc) is 3.40. The predicted molar refractivity (Wildman–Crippen MR) is 116 cm³/mol. The van der Waals surface area contributed by atoms with E-state index in [-0.39, 0.29) is 16.8 Å². The van der Waals surface area contributed by atoms with E-state index >= 15 is 0 Å². The minimum Gasteiger partial charge on any atom is -0.331 e. The molecule has 5 nitrogen and oxygen atoms in total. The van der Waals surface area contributed by atoms with Crippen LogP contribution in [0.25, 0.3) is 0 Å². The lowest BCUT2D eigenvalue weighted by Crippen LogP contribution is -2.30. The van der Waals surface area contributed by atoms with Gasteiger partial charge in [0, 0.05) is 22.7 Å². The van der Waals surface area contributed by atoms with Crippen LogP contribution >= 0.6 is 11.3 Å². The summed E-state index contributed by atoms with van der Waals surface area (Å²) in [5.74, 6) is -0.0589. The van der Waals surface area contributed by atoms with Crippen LogP contribution in [0, 0.1) is 6.92 Å². The van der Waals surface area contributed by atoms with Crippen molar-refractivity contribution in [2.75, 3.05) is 11.3 Å². The number of thiophene rings is 1. The Morgan fingerprint density at radius 2 is 1.79 bits per heavy atom. The molecular weight excluding hydrogens is 404 g/mol. The number of hydrogen-bond acceptors (Lipinski definition) is 4. The van der Waals surface area contributed by atoms with Gasteiger partial charge >= 0.3 is 0 Å². The zero-order chi connectivity index (χ0) is 20.4. The minimum absolute atomic E-state index is 0.0589. The number of carbonyl (C=O) groups is 1. The molecule has 0 aliphatic carbocycles. The monoisotopic (exact) mass is 426 g/mol. The Kier molecular flexibility index (Phi) is 5.43. The quantitative estimate of drug-likeness (QED) is 0.635. The van der Waals surface area contributed by atoms with E-state index < -0.39 is 10.0 Å². The maximum atomic E-state index is 13.0. The maximum absolute atomic E-state index is 13.0. The fourth-order valence-electron chi connectivity index (χ4n) is 3.56. The summed E-state index contributed by atoms with van der Waals surface area (Å²) in [4.78, 5) is 16.2. The highest BCUT2D eigenvalue weighted by molar-refractivity contribution is 7.92. The third kappa shape index (κ3) is 4.21. The van der Waals surface area contributed by atoms with Crippen LogP contribution in [-0.2, 0) is 10.0 Å². The van der Waals surface area contributed by atoms with Gasteiger partial charge in [-0.15, -0.1) is 11.3 Å². The van der Waals surface area contributed by atoms with Gasteiger partial charge in [-0.25, -0.2) is 8.42 Å². The van der Waals surface area contributed by atoms with Crippen molar-refractivity contribution in [3.05, 3.63) is 82.0 Å². The zero-order valence-electron chi connectivity index (χ0n) is 16.0. The molecule has 1 unspecified atom stereocenters. The number of sulfonamides is 1. The number of nitrogens with zero attached hydrogens (tertiary/aromatic N) is 1. The van der Waals surface area contributed by atoms with Crippen LogP contribution in [0.1, 0.15) is 39.7 Å². The van der Waals surface area contributed by atoms with Gasteiger partial charge in [0.2, 0.25) is 0 Å². The summed E-state index contributed by atoms with van der Waals surface area (Å²) in [7, 11) is -3.71. The van der Waals surface area contributed by atoms with E-state index in [0.29, 0.717) is 11.3 Å². The first kappa shape index (κ1) is 19.7. The van der Waals surface area contributed by atoms with Crippen LogP contribution in [0.2, 0.25) is 0 Å². The molecule has 0 spiro atoms.